The van der Waals surface area contributed by atoms with E-state index in [1.54, 1.807) is 13.2 Å². The minimum absolute atomic E-state index is 0.158. The van der Waals surface area contributed by atoms with Crippen LogP contribution >= 0.6 is 0 Å². The van der Waals surface area contributed by atoms with Gasteiger partial charge in [0, 0.05) is 32.0 Å². The molecule has 0 atom stereocenters. The van der Waals surface area contributed by atoms with Crippen LogP contribution in [0, 0.1) is 0 Å². The van der Waals surface area contributed by atoms with Crippen LogP contribution in [0.5, 0.6) is 17.2 Å². The summed E-state index contributed by atoms with van der Waals surface area (Å²) in [6.07, 6.45) is 8.46. The first-order valence-corrected chi connectivity index (χ1v) is 10.1. The number of amides is 1. The molecule has 2 aromatic rings. The summed E-state index contributed by atoms with van der Waals surface area (Å²) >= 11 is 0. The Hall–Kier alpha value is -3.03. The maximum atomic E-state index is 12.2. The van der Waals surface area contributed by atoms with Crippen LogP contribution < -0.4 is 19.5 Å². The average molecular weight is 398 g/mol. The SMILES string of the molecule is COc1cc(C=CC(=O)NCCc2nnc3n2CCCCC3)cc2c1OCCO2. The molecule has 1 aromatic heterocycles. The second kappa shape index (κ2) is 8.98. The van der Waals surface area contributed by atoms with Crippen LogP contribution in [0.25, 0.3) is 6.08 Å². The zero-order valence-electron chi connectivity index (χ0n) is 16.6. The summed E-state index contributed by atoms with van der Waals surface area (Å²) in [6, 6.07) is 3.66. The van der Waals surface area contributed by atoms with E-state index in [9.17, 15) is 4.79 Å². The van der Waals surface area contributed by atoms with Crippen LogP contribution in [-0.2, 0) is 24.2 Å². The Morgan fingerprint density at radius 3 is 3.03 bits per heavy atom. The molecule has 0 spiro atoms. The number of fused-ring (bicyclic) bond motifs is 2. The molecule has 0 saturated carbocycles. The zero-order chi connectivity index (χ0) is 20.1. The lowest BCUT2D eigenvalue weighted by Crippen LogP contribution is -2.24. The number of carbonyl (C=O) groups is 1. The van der Waals surface area contributed by atoms with E-state index >= 15 is 0 Å². The van der Waals surface area contributed by atoms with Crippen LogP contribution in [0.2, 0.25) is 0 Å². The van der Waals surface area contributed by atoms with Crippen molar-refractivity contribution in [3.8, 4) is 17.2 Å². The van der Waals surface area contributed by atoms with Crippen LogP contribution in [0.15, 0.2) is 18.2 Å². The van der Waals surface area contributed by atoms with Crippen LogP contribution in [0.3, 0.4) is 0 Å². The molecule has 1 aromatic carbocycles. The molecule has 1 N–H and O–H groups in total. The summed E-state index contributed by atoms with van der Waals surface area (Å²) in [5.41, 5.74) is 0.809. The van der Waals surface area contributed by atoms with E-state index in [0.717, 1.165) is 36.6 Å². The number of hydrogen-bond acceptors (Lipinski definition) is 6. The largest absolute Gasteiger partial charge is 0.493 e. The third-order valence-electron chi connectivity index (χ3n) is 5.11. The number of aromatic nitrogens is 3. The third-order valence-corrected chi connectivity index (χ3v) is 5.11. The van der Waals surface area contributed by atoms with Crippen molar-refractivity contribution in [1.29, 1.82) is 0 Å². The number of benzene rings is 1. The smallest absolute Gasteiger partial charge is 0.244 e. The van der Waals surface area contributed by atoms with E-state index in [1.807, 2.05) is 12.1 Å². The molecule has 2 aliphatic rings. The van der Waals surface area contributed by atoms with Crippen LogP contribution in [0.4, 0.5) is 0 Å². The van der Waals surface area contributed by atoms with Crippen LogP contribution in [0.1, 0.15) is 36.5 Å². The molecule has 2 aliphatic heterocycles. The van der Waals surface area contributed by atoms with Crippen molar-refractivity contribution in [3.05, 3.63) is 35.4 Å². The summed E-state index contributed by atoms with van der Waals surface area (Å²) in [4.78, 5) is 12.2. The van der Waals surface area contributed by atoms with E-state index in [1.165, 1.54) is 18.9 Å². The Morgan fingerprint density at radius 2 is 2.14 bits per heavy atom. The number of aryl methyl sites for hydroxylation is 1. The second-order valence-corrected chi connectivity index (χ2v) is 7.12. The summed E-state index contributed by atoms with van der Waals surface area (Å²) in [5, 5.41) is 11.5. The highest BCUT2D eigenvalue weighted by Gasteiger charge is 2.18. The average Bonchev–Trinajstić information content (AvgIpc) is 2.97. The Balaban J connectivity index is 1.33. The van der Waals surface area contributed by atoms with Crippen molar-refractivity contribution in [2.45, 2.75) is 38.6 Å². The van der Waals surface area contributed by atoms with Crippen molar-refractivity contribution in [3.63, 3.8) is 0 Å². The van der Waals surface area contributed by atoms with E-state index in [0.29, 0.717) is 43.4 Å². The highest BCUT2D eigenvalue weighted by Crippen LogP contribution is 2.40. The van der Waals surface area contributed by atoms with Crippen molar-refractivity contribution in [2.24, 2.45) is 0 Å². The van der Waals surface area contributed by atoms with Gasteiger partial charge >= 0.3 is 0 Å². The zero-order valence-corrected chi connectivity index (χ0v) is 16.6. The minimum Gasteiger partial charge on any atom is -0.493 e. The van der Waals surface area contributed by atoms with Gasteiger partial charge in [0.25, 0.3) is 0 Å². The van der Waals surface area contributed by atoms with Gasteiger partial charge in [-0.3, -0.25) is 4.79 Å². The first-order valence-electron chi connectivity index (χ1n) is 10.1. The molecular weight excluding hydrogens is 372 g/mol. The maximum Gasteiger partial charge on any atom is 0.244 e. The normalized spacial score (nSPS) is 15.6. The lowest BCUT2D eigenvalue weighted by Gasteiger charge is -2.20. The molecule has 0 unspecified atom stereocenters. The van der Waals surface area contributed by atoms with Gasteiger partial charge in [0.1, 0.15) is 24.9 Å². The topological polar surface area (TPSA) is 87.5 Å². The first kappa shape index (κ1) is 19.3. The molecule has 0 bridgehead atoms. The quantitative estimate of drug-likeness (QED) is 0.751. The first-order chi connectivity index (χ1) is 14.2. The van der Waals surface area contributed by atoms with E-state index in [4.69, 9.17) is 14.2 Å². The van der Waals surface area contributed by atoms with Gasteiger partial charge in [-0.15, -0.1) is 10.2 Å². The predicted molar refractivity (Wildman–Crippen MR) is 107 cm³/mol. The number of hydrogen-bond donors (Lipinski definition) is 1. The van der Waals surface area contributed by atoms with Crippen molar-refractivity contribution < 1.29 is 19.0 Å². The molecule has 1 amide bonds. The highest BCUT2D eigenvalue weighted by molar-refractivity contribution is 5.91. The van der Waals surface area contributed by atoms with Gasteiger partial charge in [-0.25, -0.2) is 0 Å². The molecule has 8 nitrogen and oxygen atoms in total. The lowest BCUT2D eigenvalue weighted by atomic mass is 10.1. The number of carbonyl (C=O) groups excluding carboxylic acids is 1. The van der Waals surface area contributed by atoms with Crippen LogP contribution in [-0.4, -0.2) is 47.5 Å². The molecule has 3 heterocycles. The van der Waals surface area contributed by atoms with Gasteiger partial charge in [0.05, 0.1) is 7.11 Å². The monoisotopic (exact) mass is 398 g/mol. The second-order valence-electron chi connectivity index (χ2n) is 7.12. The standard InChI is InChI=1S/C21H26N4O4/c1-27-16-13-15(14-17-21(16)29-12-11-28-17)6-7-20(26)22-9-8-19-24-23-18-5-3-2-4-10-25(18)19/h6-7,13-14H,2-5,8-12H2,1H3,(H,22,26). The summed E-state index contributed by atoms with van der Waals surface area (Å²) in [6.45, 7) is 2.48. The van der Waals surface area contributed by atoms with Crippen molar-refractivity contribution in [1.82, 2.24) is 20.1 Å². The lowest BCUT2D eigenvalue weighted by molar-refractivity contribution is -0.116. The Bertz CT molecular complexity index is 889. The number of methoxy groups -OCH3 is 1. The molecule has 0 fully saturated rings. The fourth-order valence-corrected chi connectivity index (χ4v) is 3.65. The minimum atomic E-state index is -0.158. The molecule has 29 heavy (non-hydrogen) atoms. The number of nitrogens with zero attached hydrogens (tertiary/aromatic N) is 3. The van der Waals surface area contributed by atoms with Crippen molar-refractivity contribution >= 4 is 12.0 Å². The number of nitrogens with one attached hydrogen (secondary N) is 1. The molecule has 0 aliphatic carbocycles. The Labute approximate surface area is 169 Å². The summed E-state index contributed by atoms with van der Waals surface area (Å²) < 4.78 is 18.8. The fourth-order valence-electron chi connectivity index (χ4n) is 3.65. The molecule has 0 radical (unpaired) electrons. The van der Waals surface area contributed by atoms with Gasteiger partial charge in [-0.1, -0.05) is 6.42 Å². The Kier molecular flexibility index (Phi) is 5.97. The fraction of sp³-hybridized carbons (Fsp3) is 0.476. The molecule has 154 valence electrons. The predicted octanol–water partition coefficient (Wildman–Crippen LogP) is 2.16. The number of ether oxygens (including phenoxy) is 3. The summed E-state index contributed by atoms with van der Waals surface area (Å²) in [7, 11) is 1.58. The molecular formula is C21H26N4O4. The van der Waals surface area contributed by atoms with E-state index in [-0.39, 0.29) is 5.91 Å². The number of rotatable bonds is 6. The van der Waals surface area contributed by atoms with Gasteiger partial charge in [-0.2, -0.15) is 0 Å². The van der Waals surface area contributed by atoms with Crippen molar-refractivity contribution in [2.75, 3.05) is 26.9 Å². The van der Waals surface area contributed by atoms with Gasteiger partial charge in [-0.05, 0) is 36.6 Å². The molecule has 4 rings (SSSR count). The molecule has 0 saturated heterocycles. The summed E-state index contributed by atoms with van der Waals surface area (Å²) in [5.74, 6) is 3.68. The third kappa shape index (κ3) is 4.52. The van der Waals surface area contributed by atoms with Gasteiger partial charge < -0.3 is 24.1 Å². The van der Waals surface area contributed by atoms with Gasteiger partial charge in [0.2, 0.25) is 11.7 Å². The maximum absolute atomic E-state index is 12.2. The highest BCUT2D eigenvalue weighted by atomic mass is 16.6. The Morgan fingerprint density at radius 1 is 1.24 bits per heavy atom. The van der Waals surface area contributed by atoms with E-state index in [2.05, 4.69) is 20.1 Å². The van der Waals surface area contributed by atoms with E-state index < -0.39 is 0 Å². The van der Waals surface area contributed by atoms with Gasteiger partial charge in [0.15, 0.2) is 11.5 Å². The molecule has 8 heteroatoms.